The highest BCUT2D eigenvalue weighted by Crippen LogP contribution is 2.35. The van der Waals surface area contributed by atoms with E-state index in [4.69, 9.17) is 11.6 Å². The molecule has 4 aromatic rings. The molecular weight excluding hydrogens is 318 g/mol. The zero-order chi connectivity index (χ0) is 16.7. The van der Waals surface area contributed by atoms with Gasteiger partial charge in [-0.25, -0.2) is 4.98 Å². The van der Waals surface area contributed by atoms with Crippen LogP contribution in [0, 0.1) is 18.3 Å². The van der Waals surface area contributed by atoms with Crippen LogP contribution in [0.3, 0.4) is 0 Å². The molecule has 0 unspecified atom stereocenters. The molecule has 4 heteroatoms. The van der Waals surface area contributed by atoms with Crippen molar-refractivity contribution in [3.05, 3.63) is 82.0 Å². The topological polar surface area (TPSA) is 41.1 Å². The standard InChI is InChI=1S/C20H14ClN3/c1-13-15(11-14-7-3-2-4-8-14)18(21)20-19(16(13)12-22)23-17-9-5-6-10-24(17)20/h2-10H,11H2,1H3. The van der Waals surface area contributed by atoms with Gasteiger partial charge in [-0.15, -0.1) is 0 Å². The Labute approximate surface area is 144 Å². The van der Waals surface area contributed by atoms with Crippen LogP contribution >= 0.6 is 11.6 Å². The van der Waals surface area contributed by atoms with Gasteiger partial charge >= 0.3 is 0 Å². The van der Waals surface area contributed by atoms with Crippen molar-refractivity contribution in [1.29, 1.82) is 5.26 Å². The summed E-state index contributed by atoms with van der Waals surface area (Å²) in [6, 6.07) is 18.3. The third kappa shape index (κ3) is 2.16. The summed E-state index contributed by atoms with van der Waals surface area (Å²) in [4.78, 5) is 4.61. The second-order valence-corrected chi connectivity index (χ2v) is 6.18. The minimum absolute atomic E-state index is 0.601. The SMILES string of the molecule is Cc1c(Cc2ccccc2)c(Cl)c2c(nc3ccccn32)c1C#N. The maximum Gasteiger partial charge on any atom is 0.138 e. The molecule has 0 saturated heterocycles. The first-order valence-electron chi connectivity index (χ1n) is 7.72. The van der Waals surface area contributed by atoms with E-state index in [0.29, 0.717) is 22.5 Å². The number of benzene rings is 2. The van der Waals surface area contributed by atoms with Gasteiger partial charge in [0.2, 0.25) is 0 Å². The number of pyridine rings is 1. The summed E-state index contributed by atoms with van der Waals surface area (Å²) in [5.41, 5.74) is 5.92. The summed E-state index contributed by atoms with van der Waals surface area (Å²) in [7, 11) is 0. The van der Waals surface area contributed by atoms with E-state index in [-0.39, 0.29) is 0 Å². The number of rotatable bonds is 2. The van der Waals surface area contributed by atoms with Crippen LogP contribution in [-0.2, 0) is 6.42 Å². The van der Waals surface area contributed by atoms with E-state index in [1.165, 1.54) is 5.56 Å². The number of nitriles is 1. The lowest BCUT2D eigenvalue weighted by molar-refractivity contribution is 1.15. The molecule has 0 atom stereocenters. The smallest absolute Gasteiger partial charge is 0.138 e. The average molecular weight is 332 g/mol. The highest BCUT2D eigenvalue weighted by Gasteiger charge is 2.20. The normalized spacial score (nSPS) is 11.0. The minimum Gasteiger partial charge on any atom is -0.298 e. The van der Waals surface area contributed by atoms with Crippen LogP contribution in [0.1, 0.15) is 22.3 Å². The third-order valence-corrected chi connectivity index (χ3v) is 4.81. The van der Waals surface area contributed by atoms with Crippen LogP contribution in [0.2, 0.25) is 5.02 Å². The lowest BCUT2D eigenvalue weighted by atomic mass is 9.95. The Bertz CT molecular complexity index is 1100. The van der Waals surface area contributed by atoms with Crippen LogP contribution in [0.4, 0.5) is 0 Å². The zero-order valence-corrected chi connectivity index (χ0v) is 13.9. The van der Waals surface area contributed by atoms with E-state index in [0.717, 1.165) is 22.3 Å². The van der Waals surface area contributed by atoms with E-state index < -0.39 is 0 Å². The Balaban J connectivity index is 2.07. The molecule has 0 aliphatic heterocycles. The van der Waals surface area contributed by atoms with E-state index in [1.807, 2.05) is 53.9 Å². The molecule has 0 fully saturated rings. The number of hydrogen-bond acceptors (Lipinski definition) is 2. The molecule has 0 aliphatic carbocycles. The van der Waals surface area contributed by atoms with Crippen LogP contribution in [0.15, 0.2) is 54.7 Å². The minimum atomic E-state index is 0.601. The van der Waals surface area contributed by atoms with E-state index in [2.05, 4.69) is 23.2 Å². The van der Waals surface area contributed by atoms with Gasteiger partial charge in [0.05, 0.1) is 16.1 Å². The molecule has 4 rings (SSSR count). The van der Waals surface area contributed by atoms with Gasteiger partial charge < -0.3 is 0 Å². The Kier molecular flexibility index (Phi) is 3.48. The molecule has 0 saturated carbocycles. The van der Waals surface area contributed by atoms with E-state index >= 15 is 0 Å². The van der Waals surface area contributed by atoms with Crippen LogP contribution in [-0.4, -0.2) is 9.38 Å². The number of halogens is 1. The highest BCUT2D eigenvalue weighted by molar-refractivity contribution is 6.36. The fraction of sp³-hybridized carbons (Fsp3) is 0.100. The van der Waals surface area contributed by atoms with Gasteiger partial charge in [0.1, 0.15) is 17.2 Å². The van der Waals surface area contributed by atoms with Gasteiger partial charge in [0, 0.05) is 6.20 Å². The molecule has 2 aromatic carbocycles. The lowest BCUT2D eigenvalue weighted by Crippen LogP contribution is -1.99. The van der Waals surface area contributed by atoms with Crippen molar-refractivity contribution in [2.45, 2.75) is 13.3 Å². The van der Waals surface area contributed by atoms with Crippen molar-refractivity contribution in [3.8, 4) is 6.07 Å². The molecule has 24 heavy (non-hydrogen) atoms. The summed E-state index contributed by atoms with van der Waals surface area (Å²) in [6.45, 7) is 1.95. The Morgan fingerprint density at radius 2 is 1.88 bits per heavy atom. The van der Waals surface area contributed by atoms with Crippen molar-refractivity contribution in [2.75, 3.05) is 0 Å². The van der Waals surface area contributed by atoms with Gasteiger partial charge in [-0.3, -0.25) is 4.40 Å². The Morgan fingerprint density at radius 3 is 2.62 bits per heavy atom. The first-order valence-corrected chi connectivity index (χ1v) is 8.10. The summed E-state index contributed by atoms with van der Waals surface area (Å²) in [5, 5.41) is 10.4. The summed E-state index contributed by atoms with van der Waals surface area (Å²) < 4.78 is 1.95. The predicted octanol–water partition coefficient (Wildman–Crippen LogP) is 4.91. The monoisotopic (exact) mass is 331 g/mol. The number of aromatic nitrogens is 2. The lowest BCUT2D eigenvalue weighted by Gasteiger charge is -2.12. The van der Waals surface area contributed by atoms with Crippen molar-refractivity contribution in [1.82, 2.24) is 9.38 Å². The van der Waals surface area contributed by atoms with Crippen molar-refractivity contribution >= 4 is 28.3 Å². The molecule has 116 valence electrons. The Hall–Kier alpha value is -2.83. The van der Waals surface area contributed by atoms with Gasteiger partial charge in [0.25, 0.3) is 0 Å². The number of fused-ring (bicyclic) bond motifs is 3. The number of nitrogens with zero attached hydrogens (tertiary/aromatic N) is 3. The first-order chi connectivity index (χ1) is 11.7. The molecule has 0 spiro atoms. The second-order valence-electron chi connectivity index (χ2n) is 5.80. The summed E-state index contributed by atoms with van der Waals surface area (Å²) in [5.74, 6) is 0. The quantitative estimate of drug-likeness (QED) is 0.523. The maximum atomic E-state index is 9.68. The van der Waals surface area contributed by atoms with E-state index in [1.54, 1.807) is 0 Å². The number of imidazole rings is 1. The Morgan fingerprint density at radius 1 is 1.12 bits per heavy atom. The fourth-order valence-corrected chi connectivity index (χ4v) is 3.55. The van der Waals surface area contributed by atoms with Crippen LogP contribution in [0.5, 0.6) is 0 Å². The van der Waals surface area contributed by atoms with Gasteiger partial charge in [-0.1, -0.05) is 48.0 Å². The average Bonchev–Trinajstić information content (AvgIpc) is 2.99. The van der Waals surface area contributed by atoms with Crippen LogP contribution < -0.4 is 0 Å². The molecule has 2 heterocycles. The molecule has 0 N–H and O–H groups in total. The van der Waals surface area contributed by atoms with Crippen LogP contribution in [0.25, 0.3) is 16.7 Å². The van der Waals surface area contributed by atoms with Crippen molar-refractivity contribution in [3.63, 3.8) is 0 Å². The summed E-state index contributed by atoms with van der Waals surface area (Å²) >= 11 is 6.78. The maximum absolute atomic E-state index is 9.68. The molecule has 0 amide bonds. The van der Waals surface area contributed by atoms with Gasteiger partial charge in [0.15, 0.2) is 0 Å². The first kappa shape index (κ1) is 14.7. The number of hydrogen-bond donors (Lipinski definition) is 0. The third-order valence-electron chi connectivity index (χ3n) is 4.40. The van der Waals surface area contributed by atoms with Gasteiger partial charge in [-0.2, -0.15) is 5.26 Å². The molecular formula is C20H14ClN3. The highest BCUT2D eigenvalue weighted by atomic mass is 35.5. The van der Waals surface area contributed by atoms with E-state index in [9.17, 15) is 5.26 Å². The van der Waals surface area contributed by atoms with Crippen molar-refractivity contribution in [2.24, 2.45) is 0 Å². The zero-order valence-electron chi connectivity index (χ0n) is 13.1. The van der Waals surface area contributed by atoms with Crippen molar-refractivity contribution < 1.29 is 0 Å². The second kappa shape index (κ2) is 5.67. The molecule has 3 nitrogen and oxygen atoms in total. The molecule has 0 radical (unpaired) electrons. The molecule has 0 aliphatic rings. The molecule has 2 aromatic heterocycles. The van der Waals surface area contributed by atoms with Gasteiger partial charge in [-0.05, 0) is 42.2 Å². The predicted molar refractivity (Wildman–Crippen MR) is 96.4 cm³/mol. The molecule has 0 bridgehead atoms. The fourth-order valence-electron chi connectivity index (χ4n) is 3.16. The largest absolute Gasteiger partial charge is 0.298 e. The summed E-state index contributed by atoms with van der Waals surface area (Å²) in [6.07, 6.45) is 2.62.